The maximum absolute atomic E-state index is 11.3. The van der Waals surface area contributed by atoms with Crippen molar-refractivity contribution in [2.24, 2.45) is 11.3 Å². The Kier molecular flexibility index (Phi) is 7.07. The lowest BCUT2D eigenvalue weighted by Crippen LogP contribution is -2.27. The lowest BCUT2D eigenvalue weighted by molar-refractivity contribution is -0.120. The smallest absolute Gasteiger partial charge is 0.220 e. The second-order valence-corrected chi connectivity index (χ2v) is 6.67. The third-order valence-electron chi connectivity index (χ3n) is 1.72. The van der Waals surface area contributed by atoms with Crippen molar-refractivity contribution in [3.05, 3.63) is 0 Å². The largest absolute Gasteiger partial charge is 0.356 e. The molecule has 2 nitrogen and oxygen atoms in total. The molecule has 0 spiro atoms. The molecule has 3 heteroatoms. The van der Waals surface area contributed by atoms with E-state index < -0.39 is 0 Å². The third kappa shape index (κ3) is 11.7. The summed E-state index contributed by atoms with van der Waals surface area (Å²) in [6, 6.07) is 0. The van der Waals surface area contributed by atoms with Crippen LogP contribution in [0, 0.1) is 11.3 Å². The average Bonchev–Trinajstić information content (AvgIpc) is 2.07. The number of rotatable bonds is 6. The van der Waals surface area contributed by atoms with Crippen LogP contribution in [0.25, 0.3) is 0 Å². The second kappa shape index (κ2) is 7.15. The van der Waals surface area contributed by atoms with Crippen molar-refractivity contribution in [2.45, 2.75) is 41.0 Å². The molecule has 0 saturated carbocycles. The Bertz CT molecular complexity index is 185. The van der Waals surface area contributed by atoms with Gasteiger partial charge in [0.05, 0.1) is 0 Å². The standard InChI is InChI=1S/C12H25NOS/c1-10(2)8-13-11(14)6-7-15-9-12(3,4)5/h10H,6-9H2,1-5H3,(H,13,14). The van der Waals surface area contributed by atoms with Crippen molar-refractivity contribution in [1.82, 2.24) is 5.32 Å². The molecule has 0 radical (unpaired) electrons. The molecule has 0 aromatic carbocycles. The fourth-order valence-corrected chi connectivity index (χ4v) is 2.04. The summed E-state index contributed by atoms with van der Waals surface area (Å²) in [7, 11) is 0. The van der Waals surface area contributed by atoms with Crippen LogP contribution in [0.4, 0.5) is 0 Å². The van der Waals surface area contributed by atoms with Gasteiger partial charge in [-0.05, 0) is 17.1 Å². The van der Waals surface area contributed by atoms with Gasteiger partial charge >= 0.3 is 0 Å². The fraction of sp³-hybridized carbons (Fsp3) is 0.917. The van der Waals surface area contributed by atoms with E-state index in [9.17, 15) is 4.79 Å². The number of nitrogens with one attached hydrogen (secondary N) is 1. The number of amides is 1. The molecule has 0 unspecified atom stereocenters. The molecular weight excluding hydrogens is 206 g/mol. The van der Waals surface area contributed by atoms with E-state index in [0.717, 1.165) is 18.1 Å². The lowest BCUT2D eigenvalue weighted by atomic mass is 10.0. The summed E-state index contributed by atoms with van der Waals surface area (Å²) in [6.07, 6.45) is 0.646. The summed E-state index contributed by atoms with van der Waals surface area (Å²) in [6.45, 7) is 11.7. The van der Waals surface area contributed by atoms with Gasteiger partial charge in [-0.1, -0.05) is 34.6 Å². The predicted octanol–water partition coefficient (Wildman–Crippen LogP) is 2.93. The molecule has 1 amide bonds. The van der Waals surface area contributed by atoms with Gasteiger partial charge in [-0.25, -0.2) is 0 Å². The van der Waals surface area contributed by atoms with E-state index >= 15 is 0 Å². The van der Waals surface area contributed by atoms with Crippen molar-refractivity contribution in [3.63, 3.8) is 0 Å². The summed E-state index contributed by atoms with van der Waals surface area (Å²) < 4.78 is 0. The highest BCUT2D eigenvalue weighted by Crippen LogP contribution is 2.20. The molecule has 0 aliphatic rings. The second-order valence-electron chi connectivity index (χ2n) is 5.56. The molecule has 0 aliphatic heterocycles. The molecule has 1 N–H and O–H groups in total. The van der Waals surface area contributed by atoms with Crippen molar-refractivity contribution in [1.29, 1.82) is 0 Å². The molecule has 0 bridgehead atoms. The van der Waals surface area contributed by atoms with Crippen LogP contribution in [0.3, 0.4) is 0 Å². The minimum Gasteiger partial charge on any atom is -0.356 e. The third-order valence-corrected chi connectivity index (χ3v) is 3.28. The van der Waals surface area contributed by atoms with Crippen LogP contribution in [0.15, 0.2) is 0 Å². The van der Waals surface area contributed by atoms with Crippen molar-refractivity contribution >= 4 is 17.7 Å². The average molecular weight is 231 g/mol. The first-order valence-electron chi connectivity index (χ1n) is 5.66. The minimum atomic E-state index is 0.185. The van der Waals surface area contributed by atoms with Gasteiger partial charge in [0.15, 0.2) is 0 Å². The lowest BCUT2D eigenvalue weighted by Gasteiger charge is -2.17. The molecule has 0 saturated heterocycles. The zero-order chi connectivity index (χ0) is 11.9. The Balaban J connectivity index is 3.40. The number of hydrogen-bond donors (Lipinski definition) is 1. The van der Waals surface area contributed by atoms with Gasteiger partial charge in [-0.3, -0.25) is 4.79 Å². The monoisotopic (exact) mass is 231 g/mol. The Morgan fingerprint density at radius 3 is 2.40 bits per heavy atom. The Hall–Kier alpha value is -0.180. The maximum atomic E-state index is 11.3. The van der Waals surface area contributed by atoms with Crippen LogP contribution in [-0.2, 0) is 4.79 Å². The molecular formula is C12H25NOS. The van der Waals surface area contributed by atoms with Crippen LogP contribution in [0.1, 0.15) is 41.0 Å². The number of carbonyl (C=O) groups excluding carboxylic acids is 1. The minimum absolute atomic E-state index is 0.185. The molecule has 0 aromatic rings. The first kappa shape index (κ1) is 14.8. The van der Waals surface area contributed by atoms with Crippen LogP contribution in [0.2, 0.25) is 0 Å². The first-order chi connectivity index (χ1) is 6.81. The van der Waals surface area contributed by atoms with Crippen molar-refractivity contribution in [2.75, 3.05) is 18.1 Å². The molecule has 0 fully saturated rings. The zero-order valence-electron chi connectivity index (χ0n) is 10.7. The SMILES string of the molecule is CC(C)CNC(=O)CCSCC(C)(C)C. The predicted molar refractivity (Wildman–Crippen MR) is 69.2 cm³/mol. The number of thioether (sulfide) groups is 1. The van der Waals surface area contributed by atoms with Crippen LogP contribution in [-0.4, -0.2) is 24.0 Å². The molecule has 15 heavy (non-hydrogen) atoms. The first-order valence-corrected chi connectivity index (χ1v) is 6.81. The Morgan fingerprint density at radius 2 is 1.93 bits per heavy atom. The molecule has 0 heterocycles. The molecule has 0 atom stereocenters. The van der Waals surface area contributed by atoms with E-state index in [1.807, 2.05) is 11.8 Å². The van der Waals surface area contributed by atoms with Crippen LogP contribution in [0.5, 0.6) is 0 Å². The number of hydrogen-bond acceptors (Lipinski definition) is 2. The number of carbonyl (C=O) groups is 1. The highest BCUT2D eigenvalue weighted by Gasteiger charge is 2.10. The van der Waals surface area contributed by atoms with E-state index in [2.05, 4.69) is 39.9 Å². The molecule has 90 valence electrons. The van der Waals surface area contributed by atoms with Crippen molar-refractivity contribution in [3.8, 4) is 0 Å². The van der Waals surface area contributed by atoms with Gasteiger partial charge in [-0.2, -0.15) is 11.8 Å². The van der Waals surface area contributed by atoms with E-state index in [0.29, 0.717) is 17.8 Å². The Labute approximate surface area is 98.6 Å². The van der Waals surface area contributed by atoms with Gasteiger partial charge in [0.25, 0.3) is 0 Å². The van der Waals surface area contributed by atoms with Crippen LogP contribution < -0.4 is 5.32 Å². The van der Waals surface area contributed by atoms with E-state index in [-0.39, 0.29) is 5.91 Å². The topological polar surface area (TPSA) is 29.1 Å². The van der Waals surface area contributed by atoms with Gasteiger partial charge in [0.2, 0.25) is 5.91 Å². The van der Waals surface area contributed by atoms with E-state index in [1.165, 1.54) is 0 Å². The fourth-order valence-electron chi connectivity index (χ4n) is 0.950. The van der Waals surface area contributed by atoms with Gasteiger partial charge in [-0.15, -0.1) is 0 Å². The van der Waals surface area contributed by atoms with Gasteiger partial charge < -0.3 is 5.32 Å². The van der Waals surface area contributed by atoms with Gasteiger partial charge in [0, 0.05) is 18.7 Å². The molecule has 0 aliphatic carbocycles. The summed E-state index contributed by atoms with van der Waals surface area (Å²) in [5.74, 6) is 2.77. The summed E-state index contributed by atoms with van der Waals surface area (Å²) in [5.41, 5.74) is 0.360. The highest BCUT2D eigenvalue weighted by molar-refractivity contribution is 7.99. The van der Waals surface area contributed by atoms with E-state index in [1.54, 1.807) is 0 Å². The van der Waals surface area contributed by atoms with Crippen LogP contribution >= 0.6 is 11.8 Å². The van der Waals surface area contributed by atoms with Crippen molar-refractivity contribution < 1.29 is 4.79 Å². The molecule has 0 aromatic heterocycles. The normalized spacial score (nSPS) is 11.9. The summed E-state index contributed by atoms with van der Waals surface area (Å²) in [4.78, 5) is 11.3. The molecule has 0 rings (SSSR count). The Morgan fingerprint density at radius 1 is 1.33 bits per heavy atom. The summed E-state index contributed by atoms with van der Waals surface area (Å²) >= 11 is 1.86. The maximum Gasteiger partial charge on any atom is 0.220 e. The quantitative estimate of drug-likeness (QED) is 0.712. The van der Waals surface area contributed by atoms with Gasteiger partial charge in [0.1, 0.15) is 0 Å². The van der Waals surface area contributed by atoms with E-state index in [4.69, 9.17) is 0 Å². The summed E-state index contributed by atoms with van der Waals surface area (Å²) in [5, 5.41) is 2.93. The highest BCUT2D eigenvalue weighted by atomic mass is 32.2. The zero-order valence-corrected chi connectivity index (χ0v) is 11.5.